The molecule has 0 bridgehead atoms. The van der Waals surface area contributed by atoms with Crippen molar-refractivity contribution in [3.05, 3.63) is 71.8 Å². The maximum absolute atomic E-state index is 12.8. The van der Waals surface area contributed by atoms with Crippen LogP contribution in [-0.2, 0) is 17.8 Å². The van der Waals surface area contributed by atoms with Crippen molar-refractivity contribution in [2.75, 3.05) is 6.61 Å². The van der Waals surface area contributed by atoms with Crippen LogP contribution < -0.4 is 0 Å². The van der Waals surface area contributed by atoms with E-state index in [1.54, 1.807) is 0 Å². The molecule has 6 heteroatoms. The average molecular weight is 422 g/mol. The van der Waals surface area contributed by atoms with Crippen molar-refractivity contribution in [3.8, 4) is 0 Å². The summed E-state index contributed by atoms with van der Waals surface area (Å²) in [6.45, 7) is 1.70. The number of benzene rings is 2. The lowest BCUT2D eigenvalue weighted by Crippen LogP contribution is -2.47. The molecular weight excluding hydrogens is 391 g/mol. The van der Waals surface area contributed by atoms with Gasteiger partial charge in [-0.2, -0.15) is 13.2 Å². The third-order valence-electron chi connectivity index (χ3n) is 5.83. The van der Waals surface area contributed by atoms with Gasteiger partial charge in [0, 0.05) is 19.1 Å². The Labute approximate surface area is 176 Å². The second kappa shape index (κ2) is 9.94. The highest BCUT2D eigenvalue weighted by Crippen LogP contribution is 2.32. The Kier molecular flexibility index (Phi) is 7.55. The van der Waals surface area contributed by atoms with Gasteiger partial charge in [0.2, 0.25) is 0 Å². The van der Waals surface area contributed by atoms with Crippen LogP contribution in [0.4, 0.5) is 13.2 Å². The van der Waals surface area contributed by atoms with E-state index in [9.17, 15) is 18.3 Å². The molecule has 0 aromatic heterocycles. The van der Waals surface area contributed by atoms with Gasteiger partial charge < -0.3 is 9.84 Å². The van der Waals surface area contributed by atoms with Crippen LogP contribution in [0.2, 0.25) is 0 Å². The molecule has 1 N–H and O–H groups in total. The molecule has 3 rings (SSSR count). The normalized spacial score (nSPS) is 22.1. The third-order valence-corrected chi connectivity index (χ3v) is 5.83. The highest BCUT2D eigenvalue weighted by molar-refractivity contribution is 5.17. The van der Waals surface area contributed by atoms with Crippen LogP contribution in [0.1, 0.15) is 43.7 Å². The number of nitrogens with zero attached hydrogens (tertiary/aromatic N) is 1. The molecule has 164 valence electrons. The molecule has 0 aliphatic heterocycles. The van der Waals surface area contributed by atoms with E-state index in [0.29, 0.717) is 18.9 Å². The molecule has 0 spiro atoms. The van der Waals surface area contributed by atoms with Crippen molar-refractivity contribution < 1.29 is 23.0 Å². The summed E-state index contributed by atoms with van der Waals surface area (Å²) in [5.74, 6) is 0. The predicted molar refractivity (Wildman–Crippen MR) is 111 cm³/mol. The molecule has 1 atom stereocenters. The van der Waals surface area contributed by atoms with Gasteiger partial charge in [-0.1, -0.05) is 60.7 Å². The van der Waals surface area contributed by atoms with Crippen molar-refractivity contribution in [3.63, 3.8) is 0 Å². The Morgan fingerprint density at radius 1 is 0.867 bits per heavy atom. The largest absolute Gasteiger partial charge is 0.419 e. The number of hydrogen-bond acceptors (Lipinski definition) is 3. The van der Waals surface area contributed by atoms with Crippen LogP contribution in [0.15, 0.2) is 60.7 Å². The molecule has 1 aliphatic rings. The van der Waals surface area contributed by atoms with Gasteiger partial charge in [-0.3, -0.25) is 4.90 Å². The Morgan fingerprint density at radius 3 is 1.77 bits per heavy atom. The quantitative estimate of drug-likeness (QED) is 0.625. The minimum Gasteiger partial charge on any atom is -0.379 e. The molecule has 0 amide bonds. The molecule has 3 nitrogen and oxygen atoms in total. The topological polar surface area (TPSA) is 32.7 Å². The van der Waals surface area contributed by atoms with Gasteiger partial charge in [-0.25, -0.2) is 0 Å². The molecule has 2 aromatic rings. The van der Waals surface area contributed by atoms with Crippen molar-refractivity contribution in [1.82, 2.24) is 4.90 Å². The first-order valence-electron chi connectivity index (χ1n) is 10.5. The molecule has 1 unspecified atom stereocenters. The van der Waals surface area contributed by atoms with Crippen LogP contribution >= 0.6 is 0 Å². The van der Waals surface area contributed by atoms with E-state index in [2.05, 4.69) is 29.2 Å². The van der Waals surface area contributed by atoms with Gasteiger partial charge >= 0.3 is 6.18 Å². The van der Waals surface area contributed by atoms with Gasteiger partial charge in [-0.05, 0) is 43.7 Å². The Hall–Kier alpha value is -1.89. The molecule has 0 radical (unpaired) electrons. The predicted octanol–water partition coefficient (Wildman–Crippen LogP) is 5.33. The Balaban J connectivity index is 1.59. The van der Waals surface area contributed by atoms with Gasteiger partial charge in [0.1, 0.15) is 0 Å². The smallest absolute Gasteiger partial charge is 0.379 e. The molecular formula is C24H30F3NO2. The summed E-state index contributed by atoms with van der Waals surface area (Å²) in [6.07, 6.45) is -1.83. The van der Waals surface area contributed by atoms with Crippen LogP contribution in [0.3, 0.4) is 0 Å². The maximum Gasteiger partial charge on any atom is 0.419 e. The van der Waals surface area contributed by atoms with E-state index in [1.165, 1.54) is 11.1 Å². The molecule has 30 heavy (non-hydrogen) atoms. The fourth-order valence-electron chi connectivity index (χ4n) is 3.89. The number of halogens is 3. The minimum absolute atomic E-state index is 0.245. The van der Waals surface area contributed by atoms with Crippen LogP contribution in [0.25, 0.3) is 0 Å². The summed E-state index contributed by atoms with van der Waals surface area (Å²) >= 11 is 0. The second-order valence-electron chi connectivity index (χ2n) is 8.39. The summed E-state index contributed by atoms with van der Waals surface area (Å²) in [5, 5.41) is 9.59. The van der Waals surface area contributed by atoms with E-state index in [-0.39, 0.29) is 6.10 Å². The van der Waals surface area contributed by atoms with E-state index in [1.807, 2.05) is 36.4 Å². The molecule has 1 aliphatic carbocycles. The van der Waals surface area contributed by atoms with Crippen LogP contribution in [0, 0.1) is 0 Å². The Bertz CT molecular complexity index is 716. The van der Waals surface area contributed by atoms with Crippen LogP contribution in [-0.4, -0.2) is 40.5 Å². The van der Waals surface area contributed by atoms with Crippen LogP contribution in [0.5, 0.6) is 0 Å². The highest BCUT2D eigenvalue weighted by atomic mass is 19.4. The first kappa shape index (κ1) is 22.8. The number of rotatable bonds is 8. The lowest BCUT2D eigenvalue weighted by Gasteiger charge is -2.38. The molecule has 1 saturated carbocycles. The van der Waals surface area contributed by atoms with E-state index >= 15 is 0 Å². The first-order valence-corrected chi connectivity index (χ1v) is 10.5. The standard InChI is InChI=1S/C24H30F3NO2/c1-23(29,24(25,26)27)18-30-22-14-12-21(13-15-22)28(16-19-8-4-2-5-9-19)17-20-10-6-3-7-11-20/h2-11,21-22,29H,12-18H2,1H3/t21-,22-,23?. The fraction of sp³-hybridized carbons (Fsp3) is 0.500. The SMILES string of the molecule is CC(O)(CO[C@H]1CC[C@H](N(Cc2ccccc2)Cc2ccccc2)CC1)C(F)(F)F. The molecule has 2 aromatic carbocycles. The summed E-state index contributed by atoms with van der Waals surface area (Å²) in [5.41, 5.74) is -0.322. The first-order chi connectivity index (χ1) is 14.2. The van der Waals surface area contributed by atoms with Crippen molar-refractivity contribution in [1.29, 1.82) is 0 Å². The van der Waals surface area contributed by atoms with Crippen molar-refractivity contribution in [2.24, 2.45) is 0 Å². The third kappa shape index (κ3) is 6.30. The second-order valence-corrected chi connectivity index (χ2v) is 8.39. The number of ether oxygens (including phenoxy) is 1. The van der Waals surface area contributed by atoms with E-state index < -0.39 is 18.4 Å². The molecule has 0 saturated heterocycles. The van der Waals surface area contributed by atoms with Crippen molar-refractivity contribution in [2.45, 2.75) is 69.6 Å². The lowest BCUT2D eigenvalue weighted by molar-refractivity contribution is -0.271. The summed E-state index contributed by atoms with van der Waals surface area (Å²) in [7, 11) is 0. The monoisotopic (exact) mass is 421 g/mol. The lowest BCUT2D eigenvalue weighted by atomic mass is 9.91. The number of alkyl halides is 3. The van der Waals surface area contributed by atoms with Crippen molar-refractivity contribution >= 4 is 0 Å². The zero-order valence-corrected chi connectivity index (χ0v) is 17.3. The average Bonchev–Trinajstić information content (AvgIpc) is 2.73. The minimum atomic E-state index is -4.69. The van der Waals surface area contributed by atoms with Gasteiger partial charge in [0.15, 0.2) is 5.60 Å². The summed E-state index contributed by atoms with van der Waals surface area (Å²) in [4.78, 5) is 2.45. The maximum atomic E-state index is 12.8. The van der Waals surface area contributed by atoms with Gasteiger partial charge in [0.25, 0.3) is 0 Å². The highest BCUT2D eigenvalue weighted by Gasteiger charge is 2.50. The Morgan fingerprint density at radius 2 is 1.33 bits per heavy atom. The number of hydrogen-bond donors (Lipinski definition) is 1. The zero-order chi connectivity index (χ0) is 21.6. The number of aliphatic hydroxyl groups is 1. The van der Waals surface area contributed by atoms with E-state index in [4.69, 9.17) is 4.74 Å². The zero-order valence-electron chi connectivity index (χ0n) is 17.3. The van der Waals surface area contributed by atoms with Gasteiger partial charge in [0.05, 0.1) is 12.7 Å². The van der Waals surface area contributed by atoms with E-state index in [0.717, 1.165) is 32.9 Å². The summed E-state index contributed by atoms with van der Waals surface area (Å²) in [6, 6.07) is 21.0. The van der Waals surface area contributed by atoms with Gasteiger partial charge in [-0.15, -0.1) is 0 Å². The molecule has 0 heterocycles. The summed E-state index contributed by atoms with van der Waals surface area (Å²) < 4.78 is 43.9. The molecule has 1 fully saturated rings. The fourth-order valence-corrected chi connectivity index (χ4v) is 3.89.